The number of aryl methyl sites for hydroxylation is 1. The highest BCUT2D eigenvalue weighted by Gasteiger charge is 2.31. The Labute approximate surface area is 141 Å². The Hall–Kier alpha value is -2.53. The molecular weight excluding hydrogens is 304 g/mol. The number of aliphatic hydroxyl groups is 1. The molecule has 1 aliphatic carbocycles. The number of carbonyl (C=O) groups excluding carboxylic acids is 1. The Morgan fingerprint density at radius 3 is 2.79 bits per heavy atom. The van der Waals surface area contributed by atoms with Crippen molar-refractivity contribution in [2.45, 2.75) is 25.5 Å². The third-order valence-corrected chi connectivity index (χ3v) is 4.23. The van der Waals surface area contributed by atoms with Crippen LogP contribution in [0.4, 0.5) is 4.79 Å². The molecule has 126 valence electrons. The normalized spacial score (nSPS) is 18.8. The van der Waals surface area contributed by atoms with Gasteiger partial charge in [0.05, 0.1) is 18.7 Å². The number of fused-ring (bicyclic) bond motifs is 1. The van der Waals surface area contributed by atoms with Crippen LogP contribution < -0.4 is 15.4 Å². The molecule has 3 N–H and O–H groups in total. The quantitative estimate of drug-likeness (QED) is 0.739. The van der Waals surface area contributed by atoms with Gasteiger partial charge in [0.1, 0.15) is 12.4 Å². The minimum atomic E-state index is -0.587. The van der Waals surface area contributed by atoms with Crippen LogP contribution in [-0.2, 0) is 6.42 Å². The molecule has 0 saturated heterocycles. The Bertz CT molecular complexity index is 717. The van der Waals surface area contributed by atoms with Gasteiger partial charge in [-0.05, 0) is 29.7 Å². The van der Waals surface area contributed by atoms with Gasteiger partial charge in [-0.15, -0.1) is 0 Å². The number of benzene rings is 2. The summed E-state index contributed by atoms with van der Waals surface area (Å²) in [5.74, 6) is 0.819. The highest BCUT2D eigenvalue weighted by Crippen LogP contribution is 2.30. The van der Waals surface area contributed by atoms with Crippen molar-refractivity contribution in [2.75, 3.05) is 13.2 Å². The summed E-state index contributed by atoms with van der Waals surface area (Å²) in [6.45, 7) is 2.76. The van der Waals surface area contributed by atoms with E-state index in [0.29, 0.717) is 19.6 Å². The van der Waals surface area contributed by atoms with Crippen molar-refractivity contribution < 1.29 is 14.6 Å². The number of carbonyl (C=O) groups is 1. The summed E-state index contributed by atoms with van der Waals surface area (Å²) in [6.07, 6.45) is -0.0197. The Kier molecular flexibility index (Phi) is 5.01. The largest absolute Gasteiger partial charge is 0.491 e. The first-order chi connectivity index (χ1) is 11.6. The van der Waals surface area contributed by atoms with Gasteiger partial charge in [-0.25, -0.2) is 4.79 Å². The predicted molar refractivity (Wildman–Crippen MR) is 92.1 cm³/mol. The van der Waals surface area contributed by atoms with Crippen LogP contribution in [0.1, 0.15) is 22.7 Å². The van der Waals surface area contributed by atoms with Crippen LogP contribution in [0, 0.1) is 6.92 Å². The molecule has 2 aromatic rings. The summed E-state index contributed by atoms with van der Waals surface area (Å²) in [5.41, 5.74) is 3.13. The van der Waals surface area contributed by atoms with E-state index >= 15 is 0 Å². The molecule has 24 heavy (non-hydrogen) atoms. The molecule has 0 aromatic heterocycles. The second-order valence-electron chi connectivity index (χ2n) is 5.96. The van der Waals surface area contributed by atoms with E-state index in [2.05, 4.69) is 10.6 Å². The standard InChI is InChI=1S/C19H22N2O3/c1-13-6-2-5-9-17(13)24-11-10-20-19(23)21-18-15-8-4-3-7-14(15)12-16(18)22/h2-9,16,18,22H,10-12H2,1H3,(H2,20,21,23)/t16-,18+/m0/s1. The maximum Gasteiger partial charge on any atom is 0.315 e. The lowest BCUT2D eigenvalue weighted by molar-refractivity contribution is 0.142. The zero-order chi connectivity index (χ0) is 16.9. The van der Waals surface area contributed by atoms with Crippen LogP contribution in [-0.4, -0.2) is 30.4 Å². The lowest BCUT2D eigenvalue weighted by Crippen LogP contribution is -2.42. The Morgan fingerprint density at radius 1 is 1.21 bits per heavy atom. The third-order valence-electron chi connectivity index (χ3n) is 4.23. The topological polar surface area (TPSA) is 70.6 Å². The van der Waals surface area contributed by atoms with Crippen LogP contribution in [0.5, 0.6) is 5.75 Å². The van der Waals surface area contributed by atoms with Gasteiger partial charge in [-0.1, -0.05) is 42.5 Å². The molecule has 2 atom stereocenters. The summed E-state index contributed by atoms with van der Waals surface area (Å²) >= 11 is 0. The van der Waals surface area contributed by atoms with E-state index < -0.39 is 6.10 Å². The van der Waals surface area contributed by atoms with Crippen LogP contribution in [0.2, 0.25) is 0 Å². The van der Waals surface area contributed by atoms with E-state index in [0.717, 1.165) is 22.4 Å². The summed E-state index contributed by atoms with van der Waals surface area (Å²) in [4.78, 5) is 12.0. The maximum absolute atomic E-state index is 12.0. The third kappa shape index (κ3) is 3.68. The van der Waals surface area contributed by atoms with E-state index in [4.69, 9.17) is 4.74 Å². The average molecular weight is 326 g/mol. The van der Waals surface area contributed by atoms with Crippen molar-refractivity contribution >= 4 is 6.03 Å². The molecule has 0 bridgehead atoms. The van der Waals surface area contributed by atoms with E-state index in [-0.39, 0.29) is 12.1 Å². The number of urea groups is 1. The first-order valence-electron chi connectivity index (χ1n) is 8.14. The van der Waals surface area contributed by atoms with E-state index in [1.54, 1.807) is 0 Å². The fourth-order valence-electron chi connectivity index (χ4n) is 2.98. The Morgan fingerprint density at radius 2 is 1.96 bits per heavy atom. The number of hydrogen-bond acceptors (Lipinski definition) is 3. The fraction of sp³-hybridized carbons (Fsp3) is 0.316. The van der Waals surface area contributed by atoms with Crippen molar-refractivity contribution in [3.05, 3.63) is 65.2 Å². The number of para-hydroxylation sites is 1. The van der Waals surface area contributed by atoms with Crippen molar-refractivity contribution in [2.24, 2.45) is 0 Å². The second kappa shape index (κ2) is 7.36. The minimum Gasteiger partial charge on any atom is -0.491 e. The van der Waals surface area contributed by atoms with Gasteiger partial charge in [0.15, 0.2) is 0 Å². The first-order valence-corrected chi connectivity index (χ1v) is 8.14. The molecule has 0 radical (unpaired) electrons. The molecule has 0 spiro atoms. The fourth-order valence-corrected chi connectivity index (χ4v) is 2.98. The van der Waals surface area contributed by atoms with Crippen molar-refractivity contribution in [3.8, 4) is 5.75 Å². The number of rotatable bonds is 5. The van der Waals surface area contributed by atoms with Gasteiger partial charge >= 0.3 is 6.03 Å². The summed E-state index contributed by atoms with van der Waals surface area (Å²) < 4.78 is 5.64. The van der Waals surface area contributed by atoms with Crippen molar-refractivity contribution in [1.82, 2.24) is 10.6 Å². The smallest absolute Gasteiger partial charge is 0.315 e. The number of hydrogen-bond donors (Lipinski definition) is 3. The highest BCUT2D eigenvalue weighted by molar-refractivity contribution is 5.74. The van der Waals surface area contributed by atoms with Gasteiger partial charge < -0.3 is 20.5 Å². The molecule has 2 amide bonds. The molecule has 0 aliphatic heterocycles. The lowest BCUT2D eigenvalue weighted by Gasteiger charge is -2.18. The van der Waals surface area contributed by atoms with E-state index in [9.17, 15) is 9.90 Å². The molecule has 0 saturated carbocycles. The van der Waals surface area contributed by atoms with Crippen LogP contribution in [0.25, 0.3) is 0 Å². The van der Waals surface area contributed by atoms with Crippen LogP contribution in [0.15, 0.2) is 48.5 Å². The molecular formula is C19H22N2O3. The molecule has 2 aromatic carbocycles. The molecule has 0 fully saturated rings. The molecule has 0 heterocycles. The number of ether oxygens (including phenoxy) is 1. The maximum atomic E-state index is 12.0. The molecule has 5 nitrogen and oxygen atoms in total. The first kappa shape index (κ1) is 16.3. The molecule has 5 heteroatoms. The van der Waals surface area contributed by atoms with Gasteiger partial charge in [-0.3, -0.25) is 0 Å². The van der Waals surface area contributed by atoms with Crippen LogP contribution >= 0.6 is 0 Å². The molecule has 1 aliphatic rings. The van der Waals surface area contributed by atoms with Gasteiger partial charge in [-0.2, -0.15) is 0 Å². The number of nitrogens with one attached hydrogen (secondary N) is 2. The zero-order valence-corrected chi connectivity index (χ0v) is 13.7. The summed E-state index contributed by atoms with van der Waals surface area (Å²) in [7, 11) is 0. The van der Waals surface area contributed by atoms with Gasteiger partial charge in [0, 0.05) is 6.42 Å². The van der Waals surface area contributed by atoms with Gasteiger partial charge in [0.2, 0.25) is 0 Å². The minimum absolute atomic E-state index is 0.302. The summed E-state index contributed by atoms with van der Waals surface area (Å²) in [5, 5.41) is 15.7. The van der Waals surface area contributed by atoms with Gasteiger partial charge in [0.25, 0.3) is 0 Å². The number of aliphatic hydroxyl groups excluding tert-OH is 1. The lowest BCUT2D eigenvalue weighted by atomic mass is 10.1. The van der Waals surface area contributed by atoms with E-state index in [1.807, 2.05) is 55.5 Å². The average Bonchev–Trinajstić information content (AvgIpc) is 2.89. The highest BCUT2D eigenvalue weighted by atomic mass is 16.5. The summed E-state index contributed by atoms with van der Waals surface area (Å²) in [6, 6.07) is 14.9. The van der Waals surface area contributed by atoms with Crippen molar-refractivity contribution in [3.63, 3.8) is 0 Å². The number of amides is 2. The second-order valence-corrected chi connectivity index (χ2v) is 5.96. The molecule has 3 rings (SSSR count). The van der Waals surface area contributed by atoms with E-state index in [1.165, 1.54) is 0 Å². The zero-order valence-electron chi connectivity index (χ0n) is 13.7. The monoisotopic (exact) mass is 326 g/mol. The predicted octanol–water partition coefficient (Wildman–Crippen LogP) is 2.33. The SMILES string of the molecule is Cc1ccccc1OCCNC(=O)N[C@@H]1c2ccccc2C[C@@H]1O. The van der Waals surface area contributed by atoms with Crippen molar-refractivity contribution in [1.29, 1.82) is 0 Å². The Balaban J connectivity index is 1.46. The molecule has 0 unspecified atom stereocenters. The van der Waals surface area contributed by atoms with Crippen LogP contribution in [0.3, 0.4) is 0 Å².